The van der Waals surface area contributed by atoms with Gasteiger partial charge >= 0.3 is 0 Å². The Kier molecular flexibility index (Phi) is 4.58. The molecule has 0 atom stereocenters. The number of nitrogens with zero attached hydrogens (tertiary/aromatic N) is 1. The number of hydrogen-bond acceptors (Lipinski definition) is 4. The number of hydrogen-bond donors (Lipinski definition) is 1. The van der Waals surface area contributed by atoms with Crippen LogP contribution in [0.1, 0.15) is 37.4 Å². The van der Waals surface area contributed by atoms with Crippen LogP contribution in [-0.2, 0) is 10.0 Å². The van der Waals surface area contributed by atoms with Crippen LogP contribution in [0.4, 0.5) is 5.69 Å². The number of carbonyl (C=O) groups is 2. The van der Waals surface area contributed by atoms with Crippen molar-refractivity contribution >= 4 is 27.5 Å². The van der Waals surface area contributed by atoms with Gasteiger partial charge in [0, 0.05) is 6.54 Å². The third kappa shape index (κ3) is 3.35. The molecule has 6 nitrogen and oxygen atoms in total. The number of rotatable bonds is 5. The lowest BCUT2D eigenvalue weighted by molar-refractivity contribution is 0.0664. The molecule has 0 radical (unpaired) electrons. The molecule has 0 saturated carbocycles. The first kappa shape index (κ1) is 18.1. The van der Waals surface area contributed by atoms with Crippen LogP contribution in [-0.4, -0.2) is 37.4 Å². The minimum Gasteiger partial charge on any atom is -0.283 e. The van der Waals surface area contributed by atoms with Gasteiger partial charge < -0.3 is 0 Å². The maximum atomic E-state index is 12.5. The van der Waals surface area contributed by atoms with E-state index in [0.717, 1.165) is 21.6 Å². The fourth-order valence-electron chi connectivity index (χ4n) is 3.20. The zero-order chi connectivity index (χ0) is 19.1. The van der Waals surface area contributed by atoms with Gasteiger partial charge in [-0.25, -0.2) is 8.42 Å². The molecule has 0 spiro atoms. The number of anilines is 1. The summed E-state index contributed by atoms with van der Waals surface area (Å²) in [5.74, 6) is -1.27. The third-order valence-electron chi connectivity index (χ3n) is 4.40. The molecule has 7 heteroatoms. The molecule has 0 aliphatic carbocycles. The predicted molar refractivity (Wildman–Crippen MR) is 99.9 cm³/mol. The second-order valence-electron chi connectivity index (χ2n) is 6.50. The normalized spacial score (nSPS) is 13.9. The molecule has 3 rings (SSSR count). The summed E-state index contributed by atoms with van der Waals surface area (Å²) >= 11 is 0. The number of aryl methyl sites for hydroxylation is 3. The number of benzene rings is 2. The number of carbonyl (C=O) groups excluding carboxylic acids is 2. The molecule has 0 saturated heterocycles. The van der Waals surface area contributed by atoms with Crippen LogP contribution >= 0.6 is 0 Å². The van der Waals surface area contributed by atoms with Crippen LogP contribution in [0.5, 0.6) is 0 Å². The molecule has 136 valence electrons. The Morgan fingerprint density at radius 2 is 1.42 bits per heavy atom. The molecule has 1 N–H and O–H groups in total. The first-order chi connectivity index (χ1) is 12.2. The molecule has 2 aromatic rings. The summed E-state index contributed by atoms with van der Waals surface area (Å²) in [6, 6.07) is 10.3. The van der Waals surface area contributed by atoms with Crippen molar-refractivity contribution < 1.29 is 18.0 Å². The van der Waals surface area contributed by atoms with E-state index in [-0.39, 0.29) is 12.3 Å². The topological polar surface area (TPSA) is 83.6 Å². The van der Waals surface area contributed by atoms with E-state index >= 15 is 0 Å². The Labute approximate surface area is 152 Å². The number of fused-ring (bicyclic) bond motifs is 1. The molecular weight excluding hydrogens is 352 g/mol. The standard InChI is InChI=1S/C19H20N2O4S/c1-12-10-13(2)17(14(3)11-12)20-26(24,25)9-8-21-18(22)15-6-4-5-7-16(15)19(21)23/h4-7,10-11,20H,8-9H2,1-3H3. The second kappa shape index (κ2) is 6.57. The van der Waals surface area contributed by atoms with Gasteiger partial charge in [-0.05, 0) is 44.0 Å². The van der Waals surface area contributed by atoms with Crippen molar-refractivity contribution in [3.63, 3.8) is 0 Å². The van der Waals surface area contributed by atoms with Crippen molar-refractivity contribution in [3.05, 3.63) is 64.2 Å². The van der Waals surface area contributed by atoms with Crippen molar-refractivity contribution in [1.29, 1.82) is 0 Å². The lowest BCUT2D eigenvalue weighted by atomic mass is 10.1. The Balaban J connectivity index is 1.74. The van der Waals surface area contributed by atoms with Crippen LogP contribution in [0.15, 0.2) is 36.4 Å². The van der Waals surface area contributed by atoms with Crippen LogP contribution in [0.25, 0.3) is 0 Å². The van der Waals surface area contributed by atoms with Gasteiger partial charge in [0.05, 0.1) is 22.6 Å². The van der Waals surface area contributed by atoms with Crippen molar-refractivity contribution in [3.8, 4) is 0 Å². The van der Waals surface area contributed by atoms with Gasteiger partial charge in [0.2, 0.25) is 10.0 Å². The summed E-state index contributed by atoms with van der Waals surface area (Å²) < 4.78 is 27.5. The average Bonchev–Trinajstić information content (AvgIpc) is 2.81. The third-order valence-corrected chi connectivity index (χ3v) is 5.63. The van der Waals surface area contributed by atoms with Gasteiger partial charge in [-0.3, -0.25) is 19.2 Å². The molecule has 1 aliphatic rings. The largest absolute Gasteiger partial charge is 0.283 e. The molecule has 0 aromatic heterocycles. The summed E-state index contributed by atoms with van der Waals surface area (Å²) in [5, 5.41) is 0. The van der Waals surface area contributed by atoms with E-state index < -0.39 is 21.8 Å². The maximum Gasteiger partial charge on any atom is 0.261 e. The molecular formula is C19H20N2O4S. The van der Waals surface area contributed by atoms with E-state index in [4.69, 9.17) is 0 Å². The summed E-state index contributed by atoms with van der Waals surface area (Å²) in [5.41, 5.74) is 3.87. The summed E-state index contributed by atoms with van der Waals surface area (Å²) in [6.45, 7) is 5.43. The fraction of sp³-hybridized carbons (Fsp3) is 0.263. The number of imide groups is 1. The molecule has 1 heterocycles. The Hall–Kier alpha value is -2.67. The zero-order valence-electron chi connectivity index (χ0n) is 14.9. The molecule has 2 amide bonds. The van der Waals surface area contributed by atoms with Crippen molar-refractivity contribution in [2.75, 3.05) is 17.0 Å². The maximum absolute atomic E-state index is 12.5. The minimum atomic E-state index is -3.71. The van der Waals surface area contributed by atoms with Crippen LogP contribution in [0.2, 0.25) is 0 Å². The molecule has 26 heavy (non-hydrogen) atoms. The van der Waals surface area contributed by atoms with Crippen molar-refractivity contribution in [1.82, 2.24) is 4.90 Å². The second-order valence-corrected chi connectivity index (χ2v) is 8.34. The minimum absolute atomic E-state index is 0.189. The van der Waals surface area contributed by atoms with Crippen LogP contribution < -0.4 is 4.72 Å². The number of nitrogens with one attached hydrogen (secondary N) is 1. The summed E-state index contributed by atoms with van der Waals surface area (Å²) in [4.78, 5) is 25.6. The van der Waals surface area contributed by atoms with Crippen LogP contribution in [0.3, 0.4) is 0 Å². The Morgan fingerprint density at radius 3 is 1.92 bits per heavy atom. The quantitative estimate of drug-likeness (QED) is 0.818. The lowest BCUT2D eigenvalue weighted by Gasteiger charge is -2.17. The van der Waals surface area contributed by atoms with Gasteiger partial charge in [0.15, 0.2) is 0 Å². The van der Waals surface area contributed by atoms with Crippen molar-refractivity contribution in [2.45, 2.75) is 20.8 Å². The van der Waals surface area contributed by atoms with E-state index in [1.165, 1.54) is 0 Å². The van der Waals surface area contributed by atoms with E-state index in [1.807, 2.05) is 32.9 Å². The van der Waals surface area contributed by atoms with Gasteiger partial charge in [-0.2, -0.15) is 0 Å². The average molecular weight is 372 g/mol. The van der Waals surface area contributed by atoms with Crippen molar-refractivity contribution in [2.24, 2.45) is 0 Å². The van der Waals surface area contributed by atoms with E-state index in [9.17, 15) is 18.0 Å². The predicted octanol–water partition coefficient (Wildman–Crippen LogP) is 2.65. The van der Waals surface area contributed by atoms with Gasteiger partial charge in [0.25, 0.3) is 11.8 Å². The number of sulfonamides is 1. The highest BCUT2D eigenvalue weighted by atomic mass is 32.2. The van der Waals surface area contributed by atoms with Gasteiger partial charge in [0.1, 0.15) is 0 Å². The van der Waals surface area contributed by atoms with E-state index in [0.29, 0.717) is 16.8 Å². The Bertz CT molecular complexity index is 954. The van der Waals surface area contributed by atoms with Gasteiger partial charge in [-0.15, -0.1) is 0 Å². The number of amides is 2. The smallest absolute Gasteiger partial charge is 0.261 e. The van der Waals surface area contributed by atoms with Crippen LogP contribution in [0, 0.1) is 20.8 Å². The molecule has 0 fully saturated rings. The highest BCUT2D eigenvalue weighted by molar-refractivity contribution is 7.92. The zero-order valence-corrected chi connectivity index (χ0v) is 15.7. The molecule has 2 aromatic carbocycles. The molecule has 1 aliphatic heterocycles. The molecule has 0 unspecified atom stereocenters. The van der Waals surface area contributed by atoms with E-state index in [2.05, 4.69) is 4.72 Å². The highest BCUT2D eigenvalue weighted by Crippen LogP contribution is 2.24. The lowest BCUT2D eigenvalue weighted by Crippen LogP contribution is -2.35. The summed E-state index contributed by atoms with van der Waals surface area (Å²) in [6.07, 6.45) is 0. The van der Waals surface area contributed by atoms with E-state index in [1.54, 1.807) is 24.3 Å². The fourth-order valence-corrected chi connectivity index (χ4v) is 4.36. The Morgan fingerprint density at radius 1 is 0.923 bits per heavy atom. The first-order valence-corrected chi connectivity index (χ1v) is 9.88. The molecule has 0 bridgehead atoms. The first-order valence-electron chi connectivity index (χ1n) is 8.23. The highest BCUT2D eigenvalue weighted by Gasteiger charge is 2.35. The van der Waals surface area contributed by atoms with Gasteiger partial charge in [-0.1, -0.05) is 29.8 Å². The monoisotopic (exact) mass is 372 g/mol. The SMILES string of the molecule is Cc1cc(C)c(NS(=O)(=O)CCN2C(=O)c3ccccc3C2=O)c(C)c1. The summed E-state index contributed by atoms with van der Waals surface area (Å²) in [7, 11) is -3.71.